The standard InChI is InChI=1S/C26H38N2O5S/c1-5-11-17(2)27-14-10-13-26-19(22(30)28(18(3)16-29)21(26)23(27)31)20-24(32)33-15-9-7-6-8-12-25(20,4)34-26/h8,10,12-13,17-21,29H,5-7,9,11,14-16H2,1-4H3/b12-8-/t17?,18-,19+,20+,21?,25-,26+/m1/s1. The molecule has 7 nitrogen and oxygen atoms in total. The van der Waals surface area contributed by atoms with Gasteiger partial charge >= 0.3 is 5.97 Å². The Morgan fingerprint density at radius 1 is 1.12 bits per heavy atom. The van der Waals surface area contributed by atoms with Crippen molar-refractivity contribution >= 4 is 29.5 Å². The van der Waals surface area contributed by atoms with E-state index in [0.29, 0.717) is 13.2 Å². The zero-order chi connectivity index (χ0) is 24.7. The van der Waals surface area contributed by atoms with E-state index < -0.39 is 33.4 Å². The van der Waals surface area contributed by atoms with Crippen LogP contribution in [-0.4, -0.2) is 80.1 Å². The number of esters is 1. The van der Waals surface area contributed by atoms with E-state index in [2.05, 4.69) is 19.1 Å². The van der Waals surface area contributed by atoms with Gasteiger partial charge in [-0.25, -0.2) is 0 Å². The van der Waals surface area contributed by atoms with Gasteiger partial charge in [-0.15, -0.1) is 11.8 Å². The lowest BCUT2D eigenvalue weighted by atomic mass is 9.74. The first-order valence-electron chi connectivity index (χ1n) is 12.7. The van der Waals surface area contributed by atoms with Gasteiger partial charge in [-0.1, -0.05) is 37.6 Å². The fourth-order valence-corrected chi connectivity index (χ4v) is 8.43. The summed E-state index contributed by atoms with van der Waals surface area (Å²) in [4.78, 5) is 45.1. The third kappa shape index (κ3) is 3.91. The number of aliphatic hydroxyl groups excluding tert-OH is 1. The highest BCUT2D eigenvalue weighted by Crippen LogP contribution is 2.65. The van der Waals surface area contributed by atoms with E-state index in [-0.39, 0.29) is 30.4 Å². The zero-order valence-corrected chi connectivity index (χ0v) is 21.6. The van der Waals surface area contributed by atoms with Crippen molar-refractivity contribution in [3.8, 4) is 0 Å². The van der Waals surface area contributed by atoms with Crippen LogP contribution in [0.2, 0.25) is 0 Å². The van der Waals surface area contributed by atoms with Gasteiger partial charge in [0.15, 0.2) is 0 Å². The molecule has 2 fully saturated rings. The number of nitrogens with zero attached hydrogens (tertiary/aromatic N) is 2. The normalized spacial score (nSPS) is 38.5. The Kier molecular flexibility index (Phi) is 7.21. The molecule has 0 aliphatic carbocycles. The molecule has 2 saturated heterocycles. The van der Waals surface area contributed by atoms with E-state index in [4.69, 9.17) is 4.74 Å². The molecule has 1 spiro atoms. The predicted octanol–water partition coefficient (Wildman–Crippen LogP) is 2.93. The fourth-order valence-electron chi connectivity index (χ4n) is 6.29. The van der Waals surface area contributed by atoms with Crippen LogP contribution in [-0.2, 0) is 19.1 Å². The number of allylic oxidation sites excluding steroid dienone is 1. The van der Waals surface area contributed by atoms with Gasteiger partial charge in [0.1, 0.15) is 6.04 Å². The fraction of sp³-hybridized carbons (Fsp3) is 0.731. The van der Waals surface area contributed by atoms with Crippen molar-refractivity contribution in [2.45, 2.75) is 87.4 Å². The summed E-state index contributed by atoms with van der Waals surface area (Å²) in [7, 11) is 0. The van der Waals surface area contributed by atoms with E-state index in [0.717, 1.165) is 32.1 Å². The maximum Gasteiger partial charge on any atom is 0.311 e. The van der Waals surface area contributed by atoms with E-state index in [1.54, 1.807) is 23.6 Å². The second kappa shape index (κ2) is 9.69. The molecule has 8 heteroatoms. The molecule has 0 saturated carbocycles. The molecular formula is C26H38N2O5S. The second-order valence-corrected chi connectivity index (χ2v) is 12.2. The predicted molar refractivity (Wildman–Crippen MR) is 132 cm³/mol. The van der Waals surface area contributed by atoms with Gasteiger partial charge in [-0.05, 0) is 46.5 Å². The van der Waals surface area contributed by atoms with Crippen LogP contribution >= 0.6 is 11.8 Å². The molecule has 4 heterocycles. The molecule has 0 radical (unpaired) electrons. The molecule has 0 bridgehead atoms. The van der Waals surface area contributed by atoms with Crippen molar-refractivity contribution in [2.24, 2.45) is 11.8 Å². The lowest BCUT2D eigenvalue weighted by Gasteiger charge is -2.40. The smallest absolute Gasteiger partial charge is 0.311 e. The summed E-state index contributed by atoms with van der Waals surface area (Å²) in [5.74, 6) is -2.12. The molecule has 0 aromatic rings. The molecule has 188 valence electrons. The number of fused-ring (bicyclic) bond motifs is 2. The van der Waals surface area contributed by atoms with Crippen molar-refractivity contribution < 1.29 is 24.2 Å². The van der Waals surface area contributed by atoms with Gasteiger partial charge in [0.05, 0.1) is 35.8 Å². The largest absolute Gasteiger partial charge is 0.465 e. The van der Waals surface area contributed by atoms with Crippen LogP contribution in [0.4, 0.5) is 0 Å². The first kappa shape index (κ1) is 25.3. The molecule has 2 amide bonds. The van der Waals surface area contributed by atoms with Crippen LogP contribution in [0.5, 0.6) is 0 Å². The van der Waals surface area contributed by atoms with Crippen LogP contribution in [0.1, 0.15) is 59.8 Å². The highest BCUT2D eigenvalue weighted by atomic mass is 32.2. The lowest BCUT2D eigenvalue weighted by Crippen LogP contribution is -2.57. The summed E-state index contributed by atoms with van der Waals surface area (Å²) < 4.78 is 4.11. The summed E-state index contributed by atoms with van der Waals surface area (Å²) in [5, 5.41) is 10.0. The Hall–Kier alpha value is -1.80. The Labute approximate surface area is 206 Å². The maximum absolute atomic E-state index is 14.2. The van der Waals surface area contributed by atoms with Crippen LogP contribution in [0, 0.1) is 11.8 Å². The molecule has 7 atom stereocenters. The average Bonchev–Trinajstić information content (AvgIpc) is 3.13. The van der Waals surface area contributed by atoms with Crippen molar-refractivity contribution in [1.82, 2.24) is 9.80 Å². The number of cyclic esters (lactones) is 1. The topological polar surface area (TPSA) is 87.2 Å². The molecule has 1 N–H and O–H groups in total. The summed E-state index contributed by atoms with van der Waals surface area (Å²) in [6, 6.07) is -1.27. The van der Waals surface area contributed by atoms with Crippen molar-refractivity contribution in [3.63, 3.8) is 0 Å². The quantitative estimate of drug-likeness (QED) is 0.471. The summed E-state index contributed by atoms with van der Waals surface area (Å²) in [6.45, 7) is 8.48. The number of thioether (sulfide) groups is 1. The number of aliphatic hydroxyl groups is 1. The number of hydrogen-bond donors (Lipinski definition) is 1. The first-order valence-corrected chi connectivity index (χ1v) is 13.5. The average molecular weight is 491 g/mol. The van der Waals surface area contributed by atoms with Gasteiger partial charge < -0.3 is 19.6 Å². The number of rotatable bonds is 5. The molecule has 2 unspecified atom stereocenters. The van der Waals surface area contributed by atoms with Gasteiger partial charge in [0.25, 0.3) is 0 Å². The van der Waals surface area contributed by atoms with Crippen LogP contribution in [0.15, 0.2) is 24.3 Å². The van der Waals surface area contributed by atoms with Crippen molar-refractivity contribution in [2.75, 3.05) is 19.8 Å². The maximum atomic E-state index is 14.2. The monoisotopic (exact) mass is 490 g/mol. The van der Waals surface area contributed by atoms with E-state index >= 15 is 0 Å². The lowest BCUT2D eigenvalue weighted by molar-refractivity contribution is -0.154. The van der Waals surface area contributed by atoms with Crippen LogP contribution in [0.3, 0.4) is 0 Å². The molecular weight excluding hydrogens is 452 g/mol. The molecule has 0 aromatic carbocycles. The minimum atomic E-state index is -0.894. The van der Waals surface area contributed by atoms with Crippen molar-refractivity contribution in [3.05, 3.63) is 24.3 Å². The number of amides is 2. The minimum absolute atomic E-state index is 0.0327. The summed E-state index contributed by atoms with van der Waals surface area (Å²) >= 11 is 1.55. The highest BCUT2D eigenvalue weighted by molar-refractivity contribution is 8.02. The third-order valence-corrected chi connectivity index (χ3v) is 9.74. The number of ether oxygens (including phenoxy) is 1. The van der Waals surface area contributed by atoms with Crippen LogP contribution in [0.25, 0.3) is 0 Å². The van der Waals surface area contributed by atoms with E-state index in [1.807, 2.05) is 30.9 Å². The van der Waals surface area contributed by atoms with Gasteiger partial charge in [0.2, 0.25) is 11.8 Å². The van der Waals surface area contributed by atoms with Gasteiger partial charge in [0, 0.05) is 17.3 Å². The number of carbonyl (C=O) groups is 3. The highest BCUT2D eigenvalue weighted by Gasteiger charge is 2.74. The first-order chi connectivity index (χ1) is 16.2. The van der Waals surface area contributed by atoms with E-state index in [9.17, 15) is 19.5 Å². The molecule has 34 heavy (non-hydrogen) atoms. The minimum Gasteiger partial charge on any atom is -0.465 e. The summed E-state index contributed by atoms with van der Waals surface area (Å²) in [5.41, 5.74) is 0. The summed E-state index contributed by atoms with van der Waals surface area (Å²) in [6.07, 6.45) is 12.6. The van der Waals surface area contributed by atoms with Gasteiger partial charge in [-0.3, -0.25) is 14.4 Å². The molecule has 0 aromatic heterocycles. The molecule has 4 aliphatic heterocycles. The Balaban J connectivity index is 1.86. The van der Waals surface area contributed by atoms with Crippen molar-refractivity contribution in [1.29, 1.82) is 0 Å². The number of likely N-dealkylation sites (tertiary alicyclic amines) is 1. The Bertz CT molecular complexity index is 890. The third-order valence-electron chi connectivity index (χ3n) is 7.95. The number of hydrogen-bond acceptors (Lipinski definition) is 6. The number of carbonyl (C=O) groups excluding carboxylic acids is 3. The SMILES string of the molecule is CCCC(C)N1CC=C[C@]23S[C@]4(C)/C=C\CCCCOC(=O)[C@@H]4[C@H]2C(=O)N([C@H](C)CO)C3C1=O. The van der Waals surface area contributed by atoms with E-state index in [1.165, 1.54) is 0 Å². The molecule has 4 aliphatic rings. The van der Waals surface area contributed by atoms with Crippen LogP contribution < -0.4 is 0 Å². The zero-order valence-electron chi connectivity index (χ0n) is 20.7. The molecule has 4 rings (SSSR count). The Morgan fingerprint density at radius 2 is 1.88 bits per heavy atom. The Morgan fingerprint density at radius 3 is 2.59 bits per heavy atom. The second-order valence-electron chi connectivity index (χ2n) is 10.4. The van der Waals surface area contributed by atoms with Gasteiger partial charge in [-0.2, -0.15) is 0 Å².